The zero-order chi connectivity index (χ0) is 22.6. The van der Waals surface area contributed by atoms with E-state index in [1.165, 1.54) is 0 Å². The second kappa shape index (κ2) is 9.40. The molecule has 1 unspecified atom stereocenters. The maximum Gasteiger partial charge on any atom is 0.271 e. The number of aromatic amines is 1. The average molecular weight is 446 g/mol. The summed E-state index contributed by atoms with van der Waals surface area (Å²) in [5.41, 5.74) is 1.97. The van der Waals surface area contributed by atoms with Crippen molar-refractivity contribution >= 4 is 17.6 Å². The second-order valence-electron chi connectivity index (χ2n) is 8.50. The fourth-order valence-corrected chi connectivity index (χ4v) is 4.58. The Bertz CT molecular complexity index is 1090. The fraction of sp³-hybridized carbons (Fsp3) is 0.375. The van der Waals surface area contributed by atoms with Crippen molar-refractivity contribution in [3.63, 3.8) is 0 Å². The van der Waals surface area contributed by atoms with E-state index in [2.05, 4.69) is 25.1 Å². The van der Waals surface area contributed by atoms with Crippen molar-refractivity contribution in [3.05, 3.63) is 60.7 Å². The van der Waals surface area contributed by atoms with Crippen molar-refractivity contribution < 1.29 is 9.59 Å². The first kappa shape index (κ1) is 21.1. The standard InChI is InChI=1S/C24H27N7O2/c32-23(30-13-11-29(12-14-30)22-7-1-2-9-26-22)19-6-4-10-31(17-19)24(33)21-15-20(27-28-21)18-5-3-8-25-16-18/h1-3,5,7-9,15-16,19H,4,6,10-14,17H2,(H,27,28). The Morgan fingerprint density at radius 2 is 1.85 bits per heavy atom. The number of amides is 2. The van der Waals surface area contributed by atoms with Gasteiger partial charge in [0.05, 0.1) is 11.6 Å². The van der Waals surface area contributed by atoms with E-state index in [1.807, 2.05) is 35.2 Å². The first-order valence-corrected chi connectivity index (χ1v) is 11.4. The molecule has 3 aromatic heterocycles. The van der Waals surface area contributed by atoms with E-state index >= 15 is 0 Å². The van der Waals surface area contributed by atoms with Gasteiger partial charge in [-0.15, -0.1) is 0 Å². The van der Waals surface area contributed by atoms with Crippen LogP contribution in [0.5, 0.6) is 0 Å². The van der Waals surface area contributed by atoms with Gasteiger partial charge >= 0.3 is 0 Å². The topological polar surface area (TPSA) is 98.3 Å². The number of carbonyl (C=O) groups is 2. The van der Waals surface area contributed by atoms with E-state index in [0.29, 0.717) is 37.6 Å². The minimum absolute atomic E-state index is 0.116. The highest BCUT2D eigenvalue weighted by atomic mass is 16.2. The van der Waals surface area contributed by atoms with Crippen LogP contribution in [0, 0.1) is 5.92 Å². The lowest BCUT2D eigenvalue weighted by molar-refractivity contribution is -0.137. The summed E-state index contributed by atoms with van der Waals surface area (Å²) in [7, 11) is 0. The molecule has 2 saturated heterocycles. The molecule has 170 valence electrons. The SMILES string of the molecule is O=C(c1cc(-c2cccnc2)n[nH]1)N1CCCC(C(=O)N2CCN(c3ccccn3)CC2)C1. The Balaban J connectivity index is 1.19. The number of piperidine rings is 1. The molecule has 0 aromatic carbocycles. The molecule has 2 fully saturated rings. The zero-order valence-corrected chi connectivity index (χ0v) is 18.4. The molecular weight excluding hydrogens is 418 g/mol. The molecular formula is C24H27N7O2. The summed E-state index contributed by atoms with van der Waals surface area (Å²) in [6, 6.07) is 11.4. The number of hydrogen-bond acceptors (Lipinski definition) is 6. The number of H-pyrrole nitrogens is 1. The van der Waals surface area contributed by atoms with Gasteiger partial charge < -0.3 is 14.7 Å². The van der Waals surface area contributed by atoms with Crippen LogP contribution < -0.4 is 4.90 Å². The monoisotopic (exact) mass is 445 g/mol. The first-order valence-electron chi connectivity index (χ1n) is 11.4. The van der Waals surface area contributed by atoms with Crippen molar-refractivity contribution in [2.45, 2.75) is 12.8 Å². The summed E-state index contributed by atoms with van der Waals surface area (Å²) < 4.78 is 0. The van der Waals surface area contributed by atoms with Crippen LogP contribution in [0.4, 0.5) is 5.82 Å². The predicted octanol–water partition coefficient (Wildman–Crippen LogP) is 2.07. The first-order chi connectivity index (χ1) is 16.2. The number of aromatic nitrogens is 4. The number of nitrogens with zero attached hydrogens (tertiary/aromatic N) is 6. The van der Waals surface area contributed by atoms with Crippen molar-refractivity contribution in [2.24, 2.45) is 5.92 Å². The van der Waals surface area contributed by atoms with Crippen LogP contribution in [0.1, 0.15) is 23.3 Å². The molecule has 0 aliphatic carbocycles. The van der Waals surface area contributed by atoms with Gasteiger partial charge in [-0.25, -0.2) is 4.98 Å². The van der Waals surface area contributed by atoms with Gasteiger partial charge in [0.2, 0.25) is 5.91 Å². The van der Waals surface area contributed by atoms with Gasteiger partial charge in [-0.1, -0.05) is 6.07 Å². The lowest BCUT2D eigenvalue weighted by atomic mass is 9.96. The third-order valence-corrected chi connectivity index (χ3v) is 6.39. The summed E-state index contributed by atoms with van der Waals surface area (Å²) >= 11 is 0. The van der Waals surface area contributed by atoms with Gasteiger partial charge in [-0.3, -0.25) is 19.7 Å². The Kier molecular flexibility index (Phi) is 6.01. The van der Waals surface area contributed by atoms with Gasteiger partial charge in [0, 0.05) is 63.4 Å². The zero-order valence-electron chi connectivity index (χ0n) is 18.4. The van der Waals surface area contributed by atoms with E-state index < -0.39 is 0 Å². The lowest BCUT2D eigenvalue weighted by Gasteiger charge is -2.39. The molecule has 0 bridgehead atoms. The van der Waals surface area contributed by atoms with Crippen LogP contribution in [0.15, 0.2) is 55.0 Å². The van der Waals surface area contributed by atoms with E-state index in [4.69, 9.17) is 0 Å². The van der Waals surface area contributed by atoms with Gasteiger partial charge in [0.25, 0.3) is 5.91 Å². The molecule has 1 atom stereocenters. The predicted molar refractivity (Wildman–Crippen MR) is 123 cm³/mol. The molecule has 5 rings (SSSR count). The molecule has 2 aliphatic rings. The molecule has 0 spiro atoms. The van der Waals surface area contributed by atoms with E-state index in [-0.39, 0.29) is 17.7 Å². The molecule has 1 N–H and O–H groups in total. The largest absolute Gasteiger partial charge is 0.353 e. The number of anilines is 1. The molecule has 9 heteroatoms. The van der Waals surface area contributed by atoms with Crippen LogP contribution in [0.3, 0.4) is 0 Å². The van der Waals surface area contributed by atoms with E-state index in [1.54, 1.807) is 29.6 Å². The Hall–Kier alpha value is -3.75. The van der Waals surface area contributed by atoms with Gasteiger partial charge in [-0.2, -0.15) is 5.10 Å². The highest BCUT2D eigenvalue weighted by Crippen LogP contribution is 2.23. The number of carbonyl (C=O) groups excluding carboxylic acids is 2. The highest BCUT2D eigenvalue weighted by Gasteiger charge is 2.33. The summed E-state index contributed by atoms with van der Waals surface area (Å²) in [6.45, 7) is 3.98. The Labute approximate surface area is 192 Å². The fourth-order valence-electron chi connectivity index (χ4n) is 4.58. The molecule has 2 aliphatic heterocycles. The Morgan fingerprint density at radius 3 is 2.61 bits per heavy atom. The van der Waals surface area contributed by atoms with Crippen molar-refractivity contribution in [1.29, 1.82) is 0 Å². The van der Waals surface area contributed by atoms with Crippen LogP contribution in [-0.2, 0) is 4.79 Å². The van der Waals surface area contributed by atoms with E-state index in [0.717, 1.165) is 37.3 Å². The molecule has 5 heterocycles. The van der Waals surface area contributed by atoms with Crippen molar-refractivity contribution in [1.82, 2.24) is 30.0 Å². The van der Waals surface area contributed by atoms with Gasteiger partial charge in [-0.05, 0) is 43.2 Å². The summed E-state index contributed by atoms with van der Waals surface area (Å²) in [6.07, 6.45) is 6.84. The molecule has 3 aromatic rings. The lowest BCUT2D eigenvalue weighted by Crippen LogP contribution is -2.53. The number of likely N-dealkylation sites (tertiary alicyclic amines) is 1. The van der Waals surface area contributed by atoms with Crippen LogP contribution >= 0.6 is 0 Å². The van der Waals surface area contributed by atoms with Crippen LogP contribution in [-0.4, -0.2) is 81.0 Å². The van der Waals surface area contributed by atoms with Crippen LogP contribution in [0.25, 0.3) is 11.3 Å². The summed E-state index contributed by atoms with van der Waals surface area (Å²) in [4.78, 5) is 40.7. The molecule has 9 nitrogen and oxygen atoms in total. The number of hydrogen-bond donors (Lipinski definition) is 1. The molecule has 33 heavy (non-hydrogen) atoms. The van der Waals surface area contributed by atoms with Crippen LogP contribution in [0.2, 0.25) is 0 Å². The average Bonchev–Trinajstić information content (AvgIpc) is 3.39. The molecule has 2 amide bonds. The second-order valence-corrected chi connectivity index (χ2v) is 8.50. The minimum atomic E-state index is -0.162. The van der Waals surface area contributed by atoms with Crippen molar-refractivity contribution in [2.75, 3.05) is 44.2 Å². The number of pyridine rings is 2. The Morgan fingerprint density at radius 1 is 0.970 bits per heavy atom. The smallest absolute Gasteiger partial charge is 0.271 e. The third-order valence-electron chi connectivity index (χ3n) is 6.39. The molecule has 0 saturated carbocycles. The normalized spacial score (nSPS) is 18.9. The van der Waals surface area contributed by atoms with Gasteiger partial charge in [0.15, 0.2) is 0 Å². The quantitative estimate of drug-likeness (QED) is 0.660. The highest BCUT2D eigenvalue weighted by molar-refractivity contribution is 5.94. The van der Waals surface area contributed by atoms with Gasteiger partial charge in [0.1, 0.15) is 11.5 Å². The summed E-state index contributed by atoms with van der Waals surface area (Å²) in [5, 5.41) is 7.12. The van der Waals surface area contributed by atoms with Crippen molar-refractivity contribution in [3.8, 4) is 11.3 Å². The minimum Gasteiger partial charge on any atom is -0.353 e. The van der Waals surface area contributed by atoms with E-state index in [9.17, 15) is 9.59 Å². The molecule has 0 radical (unpaired) electrons. The number of piperazine rings is 1. The number of rotatable bonds is 4. The number of nitrogens with one attached hydrogen (secondary N) is 1. The third kappa shape index (κ3) is 4.57. The summed E-state index contributed by atoms with van der Waals surface area (Å²) in [5.74, 6) is 0.818. The maximum absolute atomic E-state index is 13.2. The maximum atomic E-state index is 13.2.